The number of anilines is 5. The molecule has 1 aromatic heterocycles. The Hall–Kier alpha value is -4.99. The SMILES string of the molecule is CCOc1ccc(Nc2nc(C)c(NC(=O)c3ccc(OCC)c(OCC)c3)c(Nc3ccc(OCC)cc3)n2)cc1. The van der Waals surface area contributed by atoms with Crippen molar-refractivity contribution in [2.75, 3.05) is 42.4 Å². The first-order chi connectivity index (χ1) is 20.4. The van der Waals surface area contributed by atoms with Crippen LogP contribution in [0.5, 0.6) is 23.0 Å². The summed E-state index contributed by atoms with van der Waals surface area (Å²) < 4.78 is 22.5. The summed E-state index contributed by atoms with van der Waals surface area (Å²) >= 11 is 0. The summed E-state index contributed by atoms with van der Waals surface area (Å²) in [5.41, 5.74) is 2.97. The third-order valence-electron chi connectivity index (χ3n) is 5.98. The monoisotopic (exact) mass is 571 g/mol. The van der Waals surface area contributed by atoms with Crippen molar-refractivity contribution in [1.29, 1.82) is 0 Å². The maximum atomic E-state index is 13.4. The van der Waals surface area contributed by atoms with Gasteiger partial charge in [0.05, 0.1) is 32.1 Å². The van der Waals surface area contributed by atoms with Crippen LogP contribution in [0.2, 0.25) is 0 Å². The largest absolute Gasteiger partial charge is 0.494 e. The molecule has 220 valence electrons. The van der Waals surface area contributed by atoms with Crippen molar-refractivity contribution in [3.63, 3.8) is 0 Å². The van der Waals surface area contributed by atoms with E-state index in [2.05, 4.69) is 20.9 Å². The van der Waals surface area contributed by atoms with Crippen molar-refractivity contribution < 1.29 is 23.7 Å². The molecule has 0 saturated carbocycles. The number of hydrogen-bond donors (Lipinski definition) is 3. The van der Waals surface area contributed by atoms with Gasteiger partial charge in [-0.15, -0.1) is 0 Å². The van der Waals surface area contributed by atoms with Crippen LogP contribution in [0.3, 0.4) is 0 Å². The number of aromatic nitrogens is 2. The van der Waals surface area contributed by atoms with Gasteiger partial charge in [0.2, 0.25) is 5.95 Å². The zero-order valence-corrected chi connectivity index (χ0v) is 24.6. The van der Waals surface area contributed by atoms with Gasteiger partial charge in [-0.25, -0.2) is 4.98 Å². The lowest BCUT2D eigenvalue weighted by atomic mass is 10.1. The summed E-state index contributed by atoms with van der Waals surface area (Å²) in [5, 5.41) is 9.55. The second-order valence-electron chi connectivity index (χ2n) is 9.00. The Morgan fingerprint density at radius 1 is 0.667 bits per heavy atom. The van der Waals surface area contributed by atoms with Gasteiger partial charge in [0.15, 0.2) is 17.3 Å². The van der Waals surface area contributed by atoms with E-state index in [0.717, 1.165) is 22.9 Å². The van der Waals surface area contributed by atoms with Gasteiger partial charge in [0.1, 0.15) is 17.2 Å². The predicted octanol–water partition coefficient (Wildman–Crippen LogP) is 7.12. The van der Waals surface area contributed by atoms with Crippen molar-refractivity contribution in [2.24, 2.45) is 0 Å². The highest BCUT2D eigenvalue weighted by molar-refractivity contribution is 6.06. The third kappa shape index (κ3) is 7.81. The van der Waals surface area contributed by atoms with Crippen LogP contribution in [-0.2, 0) is 0 Å². The van der Waals surface area contributed by atoms with E-state index in [1.165, 1.54) is 0 Å². The van der Waals surface area contributed by atoms with E-state index in [9.17, 15) is 4.79 Å². The molecule has 10 heteroatoms. The molecule has 42 heavy (non-hydrogen) atoms. The number of amides is 1. The topological polar surface area (TPSA) is 116 Å². The van der Waals surface area contributed by atoms with Gasteiger partial charge >= 0.3 is 0 Å². The van der Waals surface area contributed by atoms with Crippen molar-refractivity contribution >= 4 is 34.7 Å². The molecule has 0 aliphatic carbocycles. The van der Waals surface area contributed by atoms with Crippen LogP contribution >= 0.6 is 0 Å². The molecule has 0 spiro atoms. The number of aryl methyl sites for hydroxylation is 1. The summed E-state index contributed by atoms with van der Waals surface area (Å²) in [6, 6.07) is 20.1. The fourth-order valence-electron chi connectivity index (χ4n) is 4.12. The lowest BCUT2D eigenvalue weighted by Gasteiger charge is -2.17. The predicted molar refractivity (Wildman–Crippen MR) is 165 cm³/mol. The highest BCUT2D eigenvalue weighted by atomic mass is 16.5. The van der Waals surface area contributed by atoms with E-state index in [1.54, 1.807) is 18.2 Å². The van der Waals surface area contributed by atoms with Crippen LogP contribution in [0.4, 0.5) is 28.8 Å². The number of ether oxygens (including phenoxy) is 4. The van der Waals surface area contributed by atoms with Gasteiger partial charge in [0.25, 0.3) is 5.91 Å². The molecule has 10 nitrogen and oxygen atoms in total. The Kier molecular flexibility index (Phi) is 10.4. The minimum atomic E-state index is -0.340. The average Bonchev–Trinajstić information content (AvgIpc) is 2.98. The Labute approximate surface area is 246 Å². The third-order valence-corrected chi connectivity index (χ3v) is 5.98. The van der Waals surface area contributed by atoms with Crippen LogP contribution in [0, 0.1) is 6.92 Å². The molecular formula is C32H37N5O5. The minimum absolute atomic E-state index is 0.340. The Balaban J connectivity index is 1.65. The van der Waals surface area contributed by atoms with Crippen LogP contribution in [-0.4, -0.2) is 42.3 Å². The standard InChI is InChI=1S/C32H37N5O5/c1-6-39-25-15-11-23(12-16-25)34-30-29(36-31(38)22-10-19-27(41-8-3)28(20-22)42-9-4)21(5)33-32(37-30)35-24-13-17-26(18-14-24)40-7-2/h10-20H,6-9H2,1-5H3,(H,36,38)(H2,33,34,35,37). The average molecular weight is 572 g/mol. The molecule has 3 N–H and O–H groups in total. The smallest absolute Gasteiger partial charge is 0.255 e. The quantitative estimate of drug-likeness (QED) is 0.145. The summed E-state index contributed by atoms with van der Waals surface area (Å²) in [6.45, 7) is 11.6. The van der Waals surface area contributed by atoms with E-state index in [1.807, 2.05) is 83.1 Å². The van der Waals surface area contributed by atoms with E-state index < -0.39 is 0 Å². The minimum Gasteiger partial charge on any atom is -0.494 e. The normalized spacial score (nSPS) is 10.5. The number of hydrogen-bond acceptors (Lipinski definition) is 9. The van der Waals surface area contributed by atoms with E-state index >= 15 is 0 Å². The van der Waals surface area contributed by atoms with E-state index in [4.69, 9.17) is 23.9 Å². The number of nitrogens with one attached hydrogen (secondary N) is 3. The van der Waals surface area contributed by atoms with Crippen molar-refractivity contribution in [1.82, 2.24) is 9.97 Å². The lowest BCUT2D eigenvalue weighted by Crippen LogP contribution is -2.16. The highest BCUT2D eigenvalue weighted by Crippen LogP contribution is 2.32. The molecule has 1 heterocycles. The van der Waals surface area contributed by atoms with Crippen molar-refractivity contribution in [2.45, 2.75) is 34.6 Å². The molecule has 4 aromatic rings. The van der Waals surface area contributed by atoms with E-state index in [0.29, 0.717) is 66.6 Å². The molecule has 0 radical (unpaired) electrons. The zero-order chi connectivity index (χ0) is 29.9. The van der Waals surface area contributed by atoms with Gasteiger partial charge in [-0.05, 0) is 101 Å². The molecule has 4 rings (SSSR count). The fourth-order valence-corrected chi connectivity index (χ4v) is 4.12. The first kappa shape index (κ1) is 30.0. The summed E-state index contributed by atoms with van der Waals surface area (Å²) in [6.07, 6.45) is 0. The molecule has 3 aromatic carbocycles. The summed E-state index contributed by atoms with van der Waals surface area (Å²) in [7, 11) is 0. The zero-order valence-electron chi connectivity index (χ0n) is 24.6. The molecule has 0 fully saturated rings. The van der Waals surface area contributed by atoms with Gasteiger partial charge in [-0.3, -0.25) is 4.79 Å². The van der Waals surface area contributed by atoms with Gasteiger partial charge in [-0.1, -0.05) is 0 Å². The van der Waals surface area contributed by atoms with Gasteiger partial charge < -0.3 is 34.9 Å². The maximum Gasteiger partial charge on any atom is 0.255 e. The Morgan fingerprint density at radius 2 is 1.21 bits per heavy atom. The molecule has 0 saturated heterocycles. The highest BCUT2D eigenvalue weighted by Gasteiger charge is 2.18. The second-order valence-corrected chi connectivity index (χ2v) is 9.00. The van der Waals surface area contributed by atoms with Crippen molar-refractivity contribution in [3.8, 4) is 23.0 Å². The van der Waals surface area contributed by atoms with Crippen molar-refractivity contribution in [3.05, 3.63) is 78.0 Å². The van der Waals surface area contributed by atoms with Gasteiger partial charge in [-0.2, -0.15) is 4.98 Å². The number of carbonyl (C=O) groups excluding carboxylic acids is 1. The van der Waals surface area contributed by atoms with E-state index in [-0.39, 0.29) is 5.91 Å². The molecule has 1 amide bonds. The summed E-state index contributed by atoms with van der Waals surface area (Å²) in [4.78, 5) is 22.8. The molecular weight excluding hydrogens is 534 g/mol. The second kappa shape index (κ2) is 14.6. The van der Waals surface area contributed by atoms with Crippen LogP contribution < -0.4 is 34.9 Å². The molecule has 0 aliphatic heterocycles. The molecule has 0 atom stereocenters. The van der Waals surface area contributed by atoms with Gasteiger partial charge in [0, 0.05) is 16.9 Å². The number of carbonyl (C=O) groups is 1. The molecule has 0 aliphatic rings. The van der Waals surface area contributed by atoms with Crippen LogP contribution in [0.1, 0.15) is 43.7 Å². The number of nitrogens with zero attached hydrogens (tertiary/aromatic N) is 2. The first-order valence-electron chi connectivity index (χ1n) is 14.0. The number of rotatable bonds is 14. The summed E-state index contributed by atoms with van der Waals surface area (Å²) in [5.74, 6) is 3.06. The number of benzene rings is 3. The Bertz CT molecular complexity index is 1480. The first-order valence-corrected chi connectivity index (χ1v) is 14.0. The lowest BCUT2D eigenvalue weighted by molar-refractivity contribution is 0.102. The Morgan fingerprint density at radius 3 is 1.79 bits per heavy atom. The maximum absolute atomic E-state index is 13.4. The van der Waals surface area contributed by atoms with Crippen LogP contribution in [0.15, 0.2) is 66.7 Å². The fraction of sp³-hybridized carbons (Fsp3) is 0.281. The molecule has 0 bridgehead atoms. The van der Waals surface area contributed by atoms with Crippen LogP contribution in [0.25, 0.3) is 0 Å². The molecule has 0 unspecified atom stereocenters.